The molecule has 4 aliphatic heterocycles. The lowest BCUT2D eigenvalue weighted by Crippen LogP contribution is -2.50. The third-order valence-corrected chi connectivity index (χ3v) is 17.0. The highest BCUT2D eigenvalue weighted by atomic mass is 19.1. The molecule has 18 nitrogen and oxygen atoms in total. The Bertz CT molecular complexity index is 2720. The molecule has 0 bridgehead atoms. The molecule has 0 N–H and O–H groups in total. The van der Waals surface area contributed by atoms with Gasteiger partial charge in [-0.25, -0.2) is 28.0 Å². The molecular weight excluding hydrogens is 1130 g/mol. The van der Waals surface area contributed by atoms with Crippen molar-refractivity contribution in [1.29, 1.82) is 0 Å². The van der Waals surface area contributed by atoms with Gasteiger partial charge >= 0.3 is 24.1 Å². The molecule has 8 rings (SSSR count). The summed E-state index contributed by atoms with van der Waals surface area (Å²) in [6.07, 6.45) is -0.406. The molecule has 4 saturated heterocycles. The second-order valence-electron chi connectivity index (χ2n) is 25.3. The molecule has 4 atom stereocenters. The fourth-order valence-electron chi connectivity index (χ4n) is 11.9. The van der Waals surface area contributed by atoms with Crippen molar-refractivity contribution in [1.82, 2.24) is 29.4 Å². The molecule has 4 amide bonds. The summed E-state index contributed by atoms with van der Waals surface area (Å²) in [5.41, 5.74) is 1.73. The zero-order valence-electron chi connectivity index (χ0n) is 52.5. The number of carbonyl (C=O) groups is 6. The Morgan fingerprint density at radius 2 is 0.841 bits per heavy atom. The van der Waals surface area contributed by atoms with Crippen LogP contribution in [-0.4, -0.2) is 168 Å². The number of rotatable bonds is 28. The number of likely N-dealkylation sites (tertiary alicyclic amines) is 2. The molecule has 4 aliphatic rings. The first-order valence-corrected chi connectivity index (χ1v) is 31.5. The van der Waals surface area contributed by atoms with E-state index in [-0.39, 0.29) is 84.2 Å². The molecular formula is C68H90F2N6O12. The Kier molecular flexibility index (Phi) is 24.0. The van der Waals surface area contributed by atoms with Gasteiger partial charge in [-0.15, -0.1) is 0 Å². The van der Waals surface area contributed by atoms with Crippen molar-refractivity contribution in [2.45, 2.75) is 143 Å². The summed E-state index contributed by atoms with van der Waals surface area (Å²) in [6, 6.07) is 24.0. The van der Waals surface area contributed by atoms with E-state index in [1.54, 1.807) is 92.4 Å². The van der Waals surface area contributed by atoms with Gasteiger partial charge in [0, 0.05) is 75.6 Å². The molecule has 4 fully saturated rings. The summed E-state index contributed by atoms with van der Waals surface area (Å²) < 4.78 is 63.6. The van der Waals surface area contributed by atoms with Gasteiger partial charge in [-0.05, 0) is 135 Å². The van der Waals surface area contributed by atoms with Crippen LogP contribution in [0.25, 0.3) is 0 Å². The van der Waals surface area contributed by atoms with Gasteiger partial charge in [-0.3, -0.25) is 9.59 Å². The maximum absolute atomic E-state index is 15.5. The van der Waals surface area contributed by atoms with Crippen molar-refractivity contribution in [3.8, 4) is 11.5 Å². The Hall–Kier alpha value is -7.32. The van der Waals surface area contributed by atoms with Crippen LogP contribution in [0, 0.1) is 35.3 Å². The Morgan fingerprint density at radius 1 is 0.500 bits per heavy atom. The number of amides is 4. The van der Waals surface area contributed by atoms with E-state index in [2.05, 4.69) is 37.5 Å². The fourth-order valence-corrected chi connectivity index (χ4v) is 11.9. The SMILES string of the molecule is CC(C)COc1ccc(C(OC(=O)C(=O)OC(C(=O)N(Cc2ccc(F)cc2)C2CCN(CCCN3C(=O)OC[C@@H]3C(C)C)CC2)c2ccc(OCC(C)C)cc2)C(=O)N(Cc2ccc(F)cc2)C2CCN(CCCN3C(=O)OC[C@@H]3C(C)C)CC2)cc1. The highest BCUT2D eigenvalue weighted by molar-refractivity contribution is 6.30. The Morgan fingerprint density at radius 3 is 1.16 bits per heavy atom. The van der Waals surface area contributed by atoms with Gasteiger partial charge in [0.15, 0.2) is 0 Å². The summed E-state index contributed by atoms with van der Waals surface area (Å²) in [6.45, 7) is 23.0. The highest BCUT2D eigenvalue weighted by Crippen LogP contribution is 2.33. The second kappa shape index (κ2) is 31.7. The molecule has 0 radical (unpaired) electrons. The summed E-state index contributed by atoms with van der Waals surface area (Å²) in [5.74, 6) is -3.26. The minimum Gasteiger partial charge on any atom is -0.493 e. The Balaban J connectivity index is 1.04. The van der Waals surface area contributed by atoms with Crippen molar-refractivity contribution < 1.29 is 66.0 Å². The molecule has 478 valence electrons. The maximum atomic E-state index is 15.5. The smallest absolute Gasteiger partial charge is 0.418 e. The number of cyclic esters (lactones) is 2. The number of halogens is 2. The summed E-state index contributed by atoms with van der Waals surface area (Å²) >= 11 is 0. The molecule has 2 unspecified atom stereocenters. The lowest BCUT2D eigenvalue weighted by molar-refractivity contribution is -0.181. The molecule has 4 aromatic carbocycles. The number of hydrogen-bond acceptors (Lipinski definition) is 14. The number of carbonyl (C=O) groups excluding carboxylic acids is 6. The summed E-state index contributed by atoms with van der Waals surface area (Å²) in [5, 5.41) is 0. The van der Waals surface area contributed by atoms with Gasteiger partial charge in [-0.2, -0.15) is 0 Å². The van der Waals surface area contributed by atoms with Gasteiger partial charge < -0.3 is 57.8 Å². The van der Waals surface area contributed by atoms with E-state index < -0.39 is 47.6 Å². The largest absolute Gasteiger partial charge is 0.493 e. The van der Waals surface area contributed by atoms with E-state index in [1.165, 1.54) is 24.3 Å². The van der Waals surface area contributed by atoms with Gasteiger partial charge in [0.1, 0.15) is 36.3 Å². The zero-order chi connectivity index (χ0) is 63.0. The molecule has 20 heteroatoms. The first-order chi connectivity index (χ1) is 42.2. The zero-order valence-corrected chi connectivity index (χ0v) is 52.5. The van der Waals surface area contributed by atoms with Crippen molar-refractivity contribution >= 4 is 35.9 Å². The number of ether oxygens (including phenoxy) is 6. The normalized spacial score (nSPS) is 18.6. The number of nitrogens with zero attached hydrogens (tertiary/aromatic N) is 6. The van der Waals surface area contributed by atoms with Gasteiger partial charge in [0.25, 0.3) is 11.8 Å². The summed E-state index contributed by atoms with van der Waals surface area (Å²) in [7, 11) is 0. The third-order valence-electron chi connectivity index (χ3n) is 17.0. The number of esters is 2. The van der Waals surface area contributed by atoms with Crippen molar-refractivity contribution in [2.75, 3.05) is 78.8 Å². The lowest BCUT2D eigenvalue weighted by atomic mass is 9.99. The first-order valence-electron chi connectivity index (χ1n) is 31.5. The highest BCUT2D eigenvalue weighted by Gasteiger charge is 2.42. The molecule has 0 aromatic heterocycles. The molecule has 0 aliphatic carbocycles. The van der Waals surface area contributed by atoms with E-state index in [0.717, 1.165) is 12.8 Å². The average Bonchev–Trinajstić information content (AvgIpc) is 2.51. The van der Waals surface area contributed by atoms with Crippen LogP contribution in [0.15, 0.2) is 97.1 Å². The molecule has 4 heterocycles. The van der Waals surface area contributed by atoms with E-state index >= 15 is 9.59 Å². The standard InChI is InChI=1S/C68H90F2N6O12/c1-45(2)41-83-57-23-15-51(16-24-57)61(63(77)75(39-49-11-19-53(69)20-12-49)55-27-35-71(36-28-55)31-9-33-73-59(47(5)6)43-85-67(73)81)87-65(79)66(80)88-62(52-17-25-58(26-18-52)84-42-46(3)4)64(78)76(40-50-13-21-54(70)22-14-50)56-29-37-72(38-30-56)32-10-34-74-60(48(7)8)44-86-68(74)82/h11-26,45-48,55-56,59-62H,9-10,27-44H2,1-8H3/t59-,60-,61?,62?/m1/s1. The quantitative estimate of drug-likeness (QED) is 0.0298. The number of piperidine rings is 2. The van der Waals surface area contributed by atoms with Crippen LogP contribution >= 0.6 is 0 Å². The van der Waals surface area contributed by atoms with E-state index in [9.17, 15) is 28.0 Å². The maximum Gasteiger partial charge on any atom is 0.418 e. The average molecular weight is 1220 g/mol. The molecule has 4 aromatic rings. The van der Waals surface area contributed by atoms with Crippen molar-refractivity contribution in [3.05, 3.63) is 131 Å². The van der Waals surface area contributed by atoms with Crippen LogP contribution in [0.2, 0.25) is 0 Å². The summed E-state index contributed by atoms with van der Waals surface area (Å²) in [4.78, 5) is 97.0. The van der Waals surface area contributed by atoms with E-state index in [4.69, 9.17) is 28.4 Å². The topological polar surface area (TPSA) is 177 Å². The Labute approximate surface area is 517 Å². The third kappa shape index (κ3) is 18.4. The number of hydrogen-bond donors (Lipinski definition) is 0. The van der Waals surface area contributed by atoms with Crippen LogP contribution in [0.4, 0.5) is 18.4 Å². The van der Waals surface area contributed by atoms with Crippen molar-refractivity contribution in [3.63, 3.8) is 0 Å². The van der Waals surface area contributed by atoms with E-state index in [0.29, 0.717) is 127 Å². The van der Waals surface area contributed by atoms with E-state index in [1.807, 2.05) is 27.7 Å². The van der Waals surface area contributed by atoms with Crippen LogP contribution in [-0.2, 0) is 51.2 Å². The molecule has 88 heavy (non-hydrogen) atoms. The van der Waals surface area contributed by atoms with Gasteiger partial charge in [0.05, 0.1) is 25.3 Å². The predicted molar refractivity (Wildman–Crippen MR) is 327 cm³/mol. The van der Waals surface area contributed by atoms with Crippen LogP contribution < -0.4 is 9.47 Å². The number of benzene rings is 4. The monoisotopic (exact) mass is 1220 g/mol. The minimum atomic E-state index is -1.70. The van der Waals surface area contributed by atoms with Crippen LogP contribution in [0.1, 0.15) is 128 Å². The second-order valence-corrected chi connectivity index (χ2v) is 25.3. The minimum absolute atomic E-state index is 0.0171. The van der Waals surface area contributed by atoms with Gasteiger partial charge in [0.2, 0.25) is 12.2 Å². The van der Waals surface area contributed by atoms with Crippen molar-refractivity contribution in [2.24, 2.45) is 23.7 Å². The van der Waals surface area contributed by atoms with Gasteiger partial charge in [-0.1, -0.05) is 104 Å². The molecule has 0 spiro atoms. The predicted octanol–water partition coefficient (Wildman–Crippen LogP) is 10.6. The lowest BCUT2D eigenvalue weighted by Gasteiger charge is -2.40. The molecule has 0 saturated carbocycles. The van der Waals surface area contributed by atoms with Crippen LogP contribution in [0.3, 0.4) is 0 Å². The van der Waals surface area contributed by atoms with Crippen LogP contribution in [0.5, 0.6) is 11.5 Å². The fraction of sp³-hybridized carbons (Fsp3) is 0.559. The first kappa shape index (κ1) is 66.6.